The van der Waals surface area contributed by atoms with Gasteiger partial charge in [-0.1, -0.05) is 0 Å². The van der Waals surface area contributed by atoms with E-state index >= 15 is 0 Å². The van der Waals surface area contributed by atoms with E-state index < -0.39 is 11.8 Å². The fourth-order valence-electron chi connectivity index (χ4n) is 0.683. The van der Waals surface area contributed by atoms with Crippen LogP contribution in [0, 0.1) is 0 Å². The van der Waals surface area contributed by atoms with Gasteiger partial charge in [-0.05, 0) is 22.0 Å². The van der Waals surface area contributed by atoms with Gasteiger partial charge in [0.25, 0.3) is 5.91 Å². The lowest BCUT2D eigenvalue weighted by Crippen LogP contribution is -2.27. The zero-order valence-electron chi connectivity index (χ0n) is 6.26. The maximum atomic E-state index is 11.1. The van der Waals surface area contributed by atoms with Crippen LogP contribution in [0.1, 0.15) is 17.3 Å². The molecule has 1 N–H and O–H groups in total. The first-order chi connectivity index (χ1) is 5.61. The fraction of sp³-hybridized carbons (Fsp3) is 0.143. The highest BCUT2D eigenvalue weighted by Crippen LogP contribution is 2.16. The largest absolute Gasteiger partial charge is 0.457 e. The molecule has 1 rings (SSSR count). The highest BCUT2D eigenvalue weighted by molar-refractivity contribution is 9.10. The van der Waals surface area contributed by atoms with Gasteiger partial charge >= 0.3 is 0 Å². The first kappa shape index (κ1) is 8.99. The van der Waals surface area contributed by atoms with E-state index in [0.29, 0.717) is 10.2 Å². The van der Waals surface area contributed by atoms with E-state index in [2.05, 4.69) is 21.2 Å². The standard InChI is InChI=1S/C7H6BrNO3/c1-4(10)9-7(11)5-2-3-12-6(5)8/h2-3H,1H3,(H,9,10,11). The van der Waals surface area contributed by atoms with Gasteiger partial charge in [0.05, 0.1) is 11.8 Å². The number of carbonyl (C=O) groups excluding carboxylic acids is 2. The van der Waals surface area contributed by atoms with Crippen LogP contribution in [0.3, 0.4) is 0 Å². The molecule has 12 heavy (non-hydrogen) atoms. The molecule has 2 amide bonds. The maximum absolute atomic E-state index is 11.1. The molecule has 0 fully saturated rings. The van der Waals surface area contributed by atoms with E-state index in [4.69, 9.17) is 4.42 Å². The van der Waals surface area contributed by atoms with Crippen molar-refractivity contribution in [3.05, 3.63) is 22.6 Å². The Bertz CT molecular complexity index is 318. The van der Waals surface area contributed by atoms with Crippen molar-refractivity contribution in [1.29, 1.82) is 0 Å². The Labute approximate surface area is 77.1 Å². The Balaban J connectivity index is 2.78. The molecule has 0 spiro atoms. The molecule has 0 saturated carbocycles. The second-order valence-electron chi connectivity index (χ2n) is 2.12. The van der Waals surface area contributed by atoms with Crippen molar-refractivity contribution in [2.45, 2.75) is 6.92 Å². The molecule has 0 bridgehead atoms. The summed E-state index contributed by atoms with van der Waals surface area (Å²) in [5.74, 6) is -0.865. The van der Waals surface area contributed by atoms with Gasteiger partial charge < -0.3 is 4.42 Å². The second-order valence-corrected chi connectivity index (χ2v) is 2.84. The molecule has 0 saturated heterocycles. The summed E-state index contributed by atoms with van der Waals surface area (Å²) in [7, 11) is 0. The summed E-state index contributed by atoms with van der Waals surface area (Å²) in [6.07, 6.45) is 1.36. The Hall–Kier alpha value is -1.10. The summed E-state index contributed by atoms with van der Waals surface area (Å²) >= 11 is 3.02. The SMILES string of the molecule is CC(=O)NC(=O)c1ccoc1Br. The van der Waals surface area contributed by atoms with Crippen LogP contribution >= 0.6 is 15.9 Å². The number of nitrogens with one attached hydrogen (secondary N) is 1. The third-order valence-corrected chi connectivity index (χ3v) is 1.77. The molecule has 0 aliphatic rings. The van der Waals surface area contributed by atoms with Crippen molar-refractivity contribution in [1.82, 2.24) is 5.32 Å². The number of imide groups is 1. The highest BCUT2D eigenvalue weighted by atomic mass is 79.9. The number of rotatable bonds is 1. The molecular weight excluding hydrogens is 226 g/mol. The van der Waals surface area contributed by atoms with E-state index in [0.717, 1.165) is 0 Å². The molecule has 64 valence electrons. The average molecular weight is 232 g/mol. The number of carbonyl (C=O) groups is 2. The first-order valence-corrected chi connectivity index (χ1v) is 3.95. The molecule has 1 aromatic rings. The number of amides is 2. The fourth-order valence-corrected chi connectivity index (χ4v) is 1.10. The normalized spacial score (nSPS) is 9.50. The minimum Gasteiger partial charge on any atom is -0.457 e. The summed E-state index contributed by atoms with van der Waals surface area (Å²) in [6, 6.07) is 1.47. The van der Waals surface area contributed by atoms with Crippen LogP contribution in [-0.4, -0.2) is 11.8 Å². The summed E-state index contributed by atoms with van der Waals surface area (Å²) in [6.45, 7) is 1.27. The molecule has 0 aliphatic heterocycles. The summed E-state index contributed by atoms with van der Waals surface area (Å²) in [4.78, 5) is 21.6. The van der Waals surface area contributed by atoms with Crippen molar-refractivity contribution in [3.8, 4) is 0 Å². The molecule has 0 unspecified atom stereocenters. The van der Waals surface area contributed by atoms with Crippen LogP contribution in [-0.2, 0) is 4.79 Å². The number of hydrogen-bond donors (Lipinski definition) is 1. The van der Waals surface area contributed by atoms with Gasteiger partial charge in [0.15, 0.2) is 4.67 Å². The van der Waals surface area contributed by atoms with Crippen LogP contribution in [0.25, 0.3) is 0 Å². The lowest BCUT2D eigenvalue weighted by molar-refractivity contribution is -0.118. The summed E-state index contributed by atoms with van der Waals surface area (Å²) in [5.41, 5.74) is 0.310. The van der Waals surface area contributed by atoms with Crippen molar-refractivity contribution < 1.29 is 14.0 Å². The van der Waals surface area contributed by atoms with Gasteiger partial charge in [-0.15, -0.1) is 0 Å². The van der Waals surface area contributed by atoms with Crippen molar-refractivity contribution in [2.75, 3.05) is 0 Å². The quantitative estimate of drug-likeness (QED) is 0.794. The van der Waals surface area contributed by atoms with E-state index in [1.54, 1.807) is 0 Å². The zero-order chi connectivity index (χ0) is 9.14. The minimum absolute atomic E-state index is 0.310. The van der Waals surface area contributed by atoms with Crippen molar-refractivity contribution >= 4 is 27.7 Å². The lowest BCUT2D eigenvalue weighted by atomic mass is 10.3. The van der Waals surface area contributed by atoms with Gasteiger partial charge in [-0.25, -0.2) is 0 Å². The first-order valence-electron chi connectivity index (χ1n) is 3.16. The highest BCUT2D eigenvalue weighted by Gasteiger charge is 2.12. The van der Waals surface area contributed by atoms with E-state index in [-0.39, 0.29) is 0 Å². The molecule has 0 radical (unpaired) electrons. The smallest absolute Gasteiger partial charge is 0.262 e. The molecule has 0 atom stereocenters. The van der Waals surface area contributed by atoms with E-state index in [1.807, 2.05) is 0 Å². The Morgan fingerprint density at radius 2 is 2.25 bits per heavy atom. The zero-order valence-corrected chi connectivity index (χ0v) is 7.84. The van der Waals surface area contributed by atoms with Crippen LogP contribution in [0.5, 0.6) is 0 Å². The summed E-state index contributed by atoms with van der Waals surface area (Å²) in [5, 5.41) is 2.12. The number of hydrogen-bond acceptors (Lipinski definition) is 3. The molecule has 0 aromatic carbocycles. The third-order valence-electron chi connectivity index (χ3n) is 1.15. The Morgan fingerprint density at radius 3 is 2.67 bits per heavy atom. The minimum atomic E-state index is -0.469. The van der Waals surface area contributed by atoms with Gasteiger partial charge in [-0.2, -0.15) is 0 Å². The van der Waals surface area contributed by atoms with Crippen molar-refractivity contribution in [2.24, 2.45) is 0 Å². The molecule has 0 aliphatic carbocycles. The predicted molar refractivity (Wildman–Crippen MR) is 44.6 cm³/mol. The molecule has 4 nitrogen and oxygen atoms in total. The Morgan fingerprint density at radius 1 is 1.58 bits per heavy atom. The topological polar surface area (TPSA) is 59.3 Å². The predicted octanol–water partition coefficient (Wildman–Crippen LogP) is 1.32. The van der Waals surface area contributed by atoms with Gasteiger partial charge in [0.1, 0.15) is 0 Å². The molecular formula is C7H6BrNO3. The van der Waals surface area contributed by atoms with Gasteiger partial charge in [0.2, 0.25) is 5.91 Å². The van der Waals surface area contributed by atoms with Crippen LogP contribution < -0.4 is 5.32 Å². The van der Waals surface area contributed by atoms with Crippen molar-refractivity contribution in [3.63, 3.8) is 0 Å². The maximum Gasteiger partial charge on any atom is 0.262 e. The molecule has 1 aromatic heterocycles. The lowest BCUT2D eigenvalue weighted by Gasteiger charge is -1.96. The van der Waals surface area contributed by atoms with Gasteiger partial charge in [0, 0.05) is 6.92 Å². The van der Waals surface area contributed by atoms with Crippen LogP contribution in [0.15, 0.2) is 21.4 Å². The number of halogens is 1. The Kier molecular flexibility index (Phi) is 2.65. The van der Waals surface area contributed by atoms with Crippen LogP contribution in [0.2, 0.25) is 0 Å². The van der Waals surface area contributed by atoms with E-state index in [9.17, 15) is 9.59 Å². The van der Waals surface area contributed by atoms with Gasteiger partial charge in [-0.3, -0.25) is 14.9 Å². The monoisotopic (exact) mass is 231 g/mol. The number of furan rings is 1. The summed E-state index contributed by atoms with van der Waals surface area (Å²) < 4.78 is 5.13. The van der Waals surface area contributed by atoms with E-state index in [1.165, 1.54) is 19.3 Å². The third kappa shape index (κ3) is 1.94. The van der Waals surface area contributed by atoms with Crippen LogP contribution in [0.4, 0.5) is 0 Å². The second kappa shape index (κ2) is 3.53. The average Bonchev–Trinajstić information content (AvgIpc) is 2.33. The molecule has 1 heterocycles. The molecule has 5 heteroatoms.